The molecule has 1 aromatic rings. The highest BCUT2D eigenvalue weighted by Crippen LogP contribution is 2.19. The van der Waals surface area contributed by atoms with Gasteiger partial charge in [-0.1, -0.05) is 0 Å². The maximum Gasteiger partial charge on any atom is 0.110 e. The van der Waals surface area contributed by atoms with E-state index in [1.807, 2.05) is 6.20 Å². The molecule has 90 valence electrons. The summed E-state index contributed by atoms with van der Waals surface area (Å²) in [5, 5.41) is 0. The number of imidazole rings is 1. The van der Waals surface area contributed by atoms with E-state index in [1.165, 1.54) is 17.9 Å². The van der Waals surface area contributed by atoms with Gasteiger partial charge in [-0.05, 0) is 39.9 Å². The Kier molecular flexibility index (Phi) is 3.61. The predicted molar refractivity (Wildman–Crippen MR) is 65.4 cm³/mol. The SMILES string of the molecule is CN(C)C1CCn2c(CCCN)cnc2C1. The summed E-state index contributed by atoms with van der Waals surface area (Å²) < 4.78 is 2.38. The molecule has 2 N–H and O–H groups in total. The quantitative estimate of drug-likeness (QED) is 0.813. The average Bonchev–Trinajstić information content (AvgIpc) is 2.68. The van der Waals surface area contributed by atoms with Crippen molar-refractivity contribution in [3.63, 3.8) is 0 Å². The van der Waals surface area contributed by atoms with Gasteiger partial charge >= 0.3 is 0 Å². The van der Waals surface area contributed by atoms with E-state index in [2.05, 4.69) is 28.5 Å². The topological polar surface area (TPSA) is 47.1 Å². The first kappa shape index (κ1) is 11.6. The van der Waals surface area contributed by atoms with Crippen LogP contribution in [0.25, 0.3) is 0 Å². The fraction of sp³-hybridized carbons (Fsp3) is 0.750. The molecule has 1 atom stereocenters. The molecule has 4 heteroatoms. The first-order valence-electron chi connectivity index (χ1n) is 6.12. The minimum Gasteiger partial charge on any atom is -0.332 e. The van der Waals surface area contributed by atoms with E-state index in [9.17, 15) is 0 Å². The third-order valence-electron chi connectivity index (χ3n) is 3.49. The van der Waals surface area contributed by atoms with Gasteiger partial charge < -0.3 is 15.2 Å². The van der Waals surface area contributed by atoms with Crippen molar-refractivity contribution < 1.29 is 0 Å². The molecule has 1 unspecified atom stereocenters. The fourth-order valence-electron chi connectivity index (χ4n) is 2.40. The third-order valence-corrected chi connectivity index (χ3v) is 3.49. The summed E-state index contributed by atoms with van der Waals surface area (Å²) in [7, 11) is 4.30. The molecule has 0 fully saturated rings. The Morgan fingerprint density at radius 2 is 2.38 bits per heavy atom. The van der Waals surface area contributed by atoms with Crippen molar-refractivity contribution in [2.24, 2.45) is 5.73 Å². The van der Waals surface area contributed by atoms with Crippen molar-refractivity contribution in [1.82, 2.24) is 14.5 Å². The van der Waals surface area contributed by atoms with E-state index in [-0.39, 0.29) is 0 Å². The van der Waals surface area contributed by atoms with Crippen LogP contribution in [0.3, 0.4) is 0 Å². The lowest BCUT2D eigenvalue weighted by Crippen LogP contribution is -2.35. The maximum absolute atomic E-state index is 5.55. The lowest BCUT2D eigenvalue weighted by atomic mass is 10.1. The highest BCUT2D eigenvalue weighted by Gasteiger charge is 2.22. The Balaban J connectivity index is 2.08. The predicted octanol–water partition coefficient (Wildman–Crippen LogP) is 0.651. The van der Waals surface area contributed by atoms with Crippen LogP contribution in [0.5, 0.6) is 0 Å². The Hall–Kier alpha value is -0.870. The molecule has 0 bridgehead atoms. The maximum atomic E-state index is 5.55. The standard InChI is InChI=1S/C12H22N4/c1-15(2)10-5-7-16-11(4-3-6-13)9-14-12(16)8-10/h9-10H,3-8,13H2,1-2H3. The number of aryl methyl sites for hydroxylation is 1. The summed E-state index contributed by atoms with van der Waals surface area (Å²) in [5.74, 6) is 1.25. The zero-order valence-electron chi connectivity index (χ0n) is 10.3. The summed E-state index contributed by atoms with van der Waals surface area (Å²) in [4.78, 5) is 6.84. The Bertz CT molecular complexity index is 343. The molecular weight excluding hydrogens is 200 g/mol. The van der Waals surface area contributed by atoms with Gasteiger partial charge in [0.2, 0.25) is 0 Å². The van der Waals surface area contributed by atoms with Crippen LogP contribution in [-0.2, 0) is 19.4 Å². The summed E-state index contributed by atoms with van der Waals surface area (Å²) in [6.45, 7) is 1.87. The Morgan fingerprint density at radius 3 is 3.06 bits per heavy atom. The van der Waals surface area contributed by atoms with Gasteiger partial charge in [-0.25, -0.2) is 4.98 Å². The fourth-order valence-corrected chi connectivity index (χ4v) is 2.40. The first-order valence-corrected chi connectivity index (χ1v) is 6.12. The molecule has 1 aromatic heterocycles. The lowest BCUT2D eigenvalue weighted by molar-refractivity contribution is 0.241. The molecule has 0 spiro atoms. The average molecular weight is 222 g/mol. The smallest absolute Gasteiger partial charge is 0.110 e. The number of fused-ring (bicyclic) bond motifs is 1. The van der Waals surface area contributed by atoms with Crippen LogP contribution in [0, 0.1) is 0 Å². The van der Waals surface area contributed by atoms with Crippen molar-refractivity contribution in [2.45, 2.75) is 38.3 Å². The van der Waals surface area contributed by atoms with E-state index in [1.54, 1.807) is 0 Å². The van der Waals surface area contributed by atoms with Gasteiger partial charge in [0, 0.05) is 30.9 Å². The number of hydrogen-bond acceptors (Lipinski definition) is 3. The molecule has 4 nitrogen and oxygen atoms in total. The van der Waals surface area contributed by atoms with Crippen molar-refractivity contribution in [3.05, 3.63) is 17.7 Å². The van der Waals surface area contributed by atoms with E-state index in [0.29, 0.717) is 6.04 Å². The van der Waals surface area contributed by atoms with Gasteiger partial charge in [0.1, 0.15) is 5.82 Å². The van der Waals surface area contributed by atoms with E-state index >= 15 is 0 Å². The molecule has 0 aromatic carbocycles. The highest BCUT2D eigenvalue weighted by atomic mass is 15.2. The van der Waals surface area contributed by atoms with Crippen molar-refractivity contribution >= 4 is 0 Å². The number of likely N-dealkylation sites (N-methyl/N-ethyl adjacent to an activating group) is 1. The normalized spacial score (nSPS) is 20.1. The Labute approximate surface area is 97.4 Å². The van der Waals surface area contributed by atoms with E-state index in [4.69, 9.17) is 5.73 Å². The number of nitrogens with two attached hydrogens (primary N) is 1. The molecule has 1 aliphatic heterocycles. The van der Waals surface area contributed by atoms with Gasteiger partial charge in [-0.2, -0.15) is 0 Å². The molecule has 1 aliphatic rings. The largest absolute Gasteiger partial charge is 0.332 e. The number of aromatic nitrogens is 2. The van der Waals surface area contributed by atoms with Gasteiger partial charge in [0.25, 0.3) is 0 Å². The molecule has 2 rings (SSSR count). The van der Waals surface area contributed by atoms with Crippen LogP contribution in [0.2, 0.25) is 0 Å². The summed E-state index contributed by atoms with van der Waals surface area (Å²) in [5.41, 5.74) is 6.91. The van der Waals surface area contributed by atoms with E-state index in [0.717, 1.165) is 32.4 Å². The summed E-state index contributed by atoms with van der Waals surface area (Å²) in [6.07, 6.45) is 6.46. The molecule has 0 aliphatic carbocycles. The van der Waals surface area contributed by atoms with Crippen molar-refractivity contribution in [3.8, 4) is 0 Å². The number of hydrogen-bond donors (Lipinski definition) is 1. The second-order valence-corrected chi connectivity index (χ2v) is 4.82. The molecule has 16 heavy (non-hydrogen) atoms. The van der Waals surface area contributed by atoms with Crippen LogP contribution in [0.15, 0.2) is 6.20 Å². The zero-order valence-corrected chi connectivity index (χ0v) is 10.3. The molecule has 0 saturated heterocycles. The van der Waals surface area contributed by atoms with Crippen molar-refractivity contribution in [2.75, 3.05) is 20.6 Å². The second kappa shape index (κ2) is 4.97. The third kappa shape index (κ3) is 2.28. The van der Waals surface area contributed by atoms with Crippen LogP contribution in [0.4, 0.5) is 0 Å². The Morgan fingerprint density at radius 1 is 1.56 bits per heavy atom. The van der Waals surface area contributed by atoms with Crippen LogP contribution in [-0.4, -0.2) is 41.1 Å². The second-order valence-electron chi connectivity index (χ2n) is 4.82. The van der Waals surface area contributed by atoms with Gasteiger partial charge in [-0.15, -0.1) is 0 Å². The molecule has 0 saturated carbocycles. The van der Waals surface area contributed by atoms with E-state index < -0.39 is 0 Å². The zero-order chi connectivity index (χ0) is 11.5. The van der Waals surface area contributed by atoms with Gasteiger partial charge in [0.15, 0.2) is 0 Å². The molecular formula is C12H22N4. The number of rotatable bonds is 4. The highest BCUT2D eigenvalue weighted by molar-refractivity contribution is 5.09. The lowest BCUT2D eigenvalue weighted by Gasteiger charge is -2.29. The van der Waals surface area contributed by atoms with Crippen LogP contribution < -0.4 is 5.73 Å². The minimum absolute atomic E-state index is 0.650. The first-order chi connectivity index (χ1) is 7.72. The monoisotopic (exact) mass is 222 g/mol. The molecule has 0 radical (unpaired) electrons. The van der Waals surface area contributed by atoms with Crippen molar-refractivity contribution in [1.29, 1.82) is 0 Å². The van der Waals surface area contributed by atoms with Gasteiger partial charge in [-0.3, -0.25) is 0 Å². The summed E-state index contributed by atoms with van der Waals surface area (Å²) >= 11 is 0. The number of nitrogens with zero attached hydrogens (tertiary/aromatic N) is 3. The van der Waals surface area contributed by atoms with Gasteiger partial charge in [0.05, 0.1) is 0 Å². The van der Waals surface area contributed by atoms with Crippen LogP contribution >= 0.6 is 0 Å². The molecule has 0 amide bonds. The summed E-state index contributed by atoms with van der Waals surface area (Å²) in [6, 6.07) is 0.650. The minimum atomic E-state index is 0.650. The molecule has 2 heterocycles. The van der Waals surface area contributed by atoms with Crippen LogP contribution in [0.1, 0.15) is 24.4 Å².